The average Bonchev–Trinajstić information content (AvgIpc) is 2.71. The summed E-state index contributed by atoms with van der Waals surface area (Å²) in [6.07, 6.45) is 0.804. The van der Waals surface area contributed by atoms with Gasteiger partial charge in [0.1, 0.15) is 0 Å². The number of rotatable bonds is 4. The zero-order chi connectivity index (χ0) is 19.7. The van der Waals surface area contributed by atoms with Crippen LogP contribution < -0.4 is 10.1 Å². The second-order valence-electron chi connectivity index (χ2n) is 6.43. The fraction of sp³-hybridized carbons (Fsp3) is 0.100. The van der Waals surface area contributed by atoms with Crippen LogP contribution in [0.3, 0.4) is 0 Å². The van der Waals surface area contributed by atoms with E-state index in [0.717, 1.165) is 10.6 Å². The topological polar surface area (TPSA) is 91.4 Å². The van der Waals surface area contributed by atoms with E-state index in [1.807, 2.05) is 6.92 Å². The Morgan fingerprint density at radius 2 is 1.71 bits per heavy atom. The van der Waals surface area contributed by atoms with Crippen molar-refractivity contribution in [3.8, 4) is 0 Å². The van der Waals surface area contributed by atoms with Gasteiger partial charge in [0.15, 0.2) is 6.17 Å². The third-order valence-corrected chi connectivity index (χ3v) is 5.77. The molecule has 28 heavy (non-hydrogen) atoms. The number of carbonyl (C=O) groups excluding carboxylic acids is 1. The quantitative estimate of drug-likeness (QED) is 0.710. The number of fused-ring (bicyclic) bond motifs is 1. The molecule has 1 atom stereocenters. The number of nitrogens with one attached hydrogen (secondary N) is 2. The van der Waals surface area contributed by atoms with E-state index < -0.39 is 22.1 Å². The van der Waals surface area contributed by atoms with E-state index >= 15 is 0 Å². The van der Waals surface area contributed by atoms with E-state index in [9.17, 15) is 13.2 Å². The van der Waals surface area contributed by atoms with Crippen molar-refractivity contribution in [2.24, 2.45) is 0 Å². The second-order valence-corrected chi connectivity index (χ2v) is 8.09. The zero-order valence-electron chi connectivity index (χ0n) is 15.0. The van der Waals surface area contributed by atoms with Gasteiger partial charge in [-0.25, -0.2) is 13.4 Å². The molecule has 0 unspecified atom stereocenters. The SMILES string of the molecule is Cc1ccc(S(=O)(=O)NN2C(=O)c3ccccc3N[C@H]2c2ccccn2)cc1. The summed E-state index contributed by atoms with van der Waals surface area (Å²) in [7, 11) is -3.97. The molecule has 2 aromatic carbocycles. The number of amides is 1. The van der Waals surface area contributed by atoms with E-state index in [-0.39, 0.29) is 4.90 Å². The molecule has 0 saturated heterocycles. The Balaban J connectivity index is 1.75. The first-order chi connectivity index (χ1) is 13.5. The lowest BCUT2D eigenvalue weighted by Crippen LogP contribution is -2.52. The Labute approximate surface area is 163 Å². The molecular weight excluding hydrogens is 376 g/mol. The maximum absolute atomic E-state index is 13.1. The van der Waals surface area contributed by atoms with Crippen molar-refractivity contribution in [1.29, 1.82) is 0 Å². The number of hydrogen-bond donors (Lipinski definition) is 2. The molecule has 1 aliphatic rings. The summed E-state index contributed by atoms with van der Waals surface area (Å²) in [5.74, 6) is -0.458. The minimum Gasteiger partial charge on any atom is -0.358 e. The van der Waals surface area contributed by atoms with Gasteiger partial charge in [0.2, 0.25) is 0 Å². The molecule has 0 aliphatic carbocycles. The van der Waals surface area contributed by atoms with Crippen molar-refractivity contribution in [3.63, 3.8) is 0 Å². The first kappa shape index (κ1) is 18.1. The maximum Gasteiger partial charge on any atom is 0.273 e. The number of pyridine rings is 1. The predicted octanol–water partition coefficient (Wildman–Crippen LogP) is 2.85. The van der Waals surface area contributed by atoms with E-state index in [4.69, 9.17) is 0 Å². The van der Waals surface area contributed by atoms with Gasteiger partial charge in [-0.3, -0.25) is 9.78 Å². The standard InChI is InChI=1S/C20H18N4O3S/c1-14-9-11-15(12-10-14)28(26,27)23-24-19(18-8-4-5-13-21-18)22-17-7-3-2-6-16(17)20(24)25/h2-13,19,22-23H,1H3/t19-/m1/s1. The number of carbonyl (C=O) groups is 1. The fourth-order valence-corrected chi connectivity index (χ4v) is 4.04. The Morgan fingerprint density at radius 3 is 2.43 bits per heavy atom. The van der Waals surface area contributed by atoms with E-state index in [1.54, 1.807) is 60.8 Å². The molecule has 7 nitrogen and oxygen atoms in total. The number of nitrogens with zero attached hydrogens (tertiary/aromatic N) is 2. The van der Waals surface area contributed by atoms with E-state index in [0.29, 0.717) is 16.9 Å². The number of aromatic nitrogens is 1. The van der Waals surface area contributed by atoms with Crippen molar-refractivity contribution in [2.45, 2.75) is 18.0 Å². The molecule has 2 N–H and O–H groups in total. The van der Waals surface area contributed by atoms with Crippen LogP contribution in [0.2, 0.25) is 0 Å². The van der Waals surface area contributed by atoms with Gasteiger partial charge in [-0.1, -0.05) is 35.9 Å². The summed E-state index contributed by atoms with van der Waals surface area (Å²) in [6, 6.07) is 18.6. The van der Waals surface area contributed by atoms with Gasteiger partial charge in [-0.15, -0.1) is 4.83 Å². The third kappa shape index (κ3) is 3.35. The van der Waals surface area contributed by atoms with Crippen LogP contribution in [0.25, 0.3) is 0 Å². The van der Waals surface area contributed by atoms with Crippen LogP contribution in [-0.4, -0.2) is 24.3 Å². The van der Waals surface area contributed by atoms with Gasteiger partial charge >= 0.3 is 0 Å². The highest BCUT2D eigenvalue weighted by atomic mass is 32.2. The van der Waals surface area contributed by atoms with Crippen LogP contribution in [0, 0.1) is 6.92 Å². The molecule has 4 rings (SSSR count). The average molecular weight is 394 g/mol. The van der Waals surface area contributed by atoms with Crippen molar-refractivity contribution in [1.82, 2.24) is 14.8 Å². The van der Waals surface area contributed by atoms with Gasteiger partial charge < -0.3 is 5.32 Å². The maximum atomic E-state index is 13.1. The number of aryl methyl sites for hydroxylation is 1. The van der Waals surface area contributed by atoms with Gasteiger partial charge in [-0.2, -0.15) is 0 Å². The molecule has 2 heterocycles. The lowest BCUT2D eigenvalue weighted by molar-refractivity contribution is 0.0628. The van der Waals surface area contributed by atoms with Crippen molar-refractivity contribution >= 4 is 21.6 Å². The van der Waals surface area contributed by atoms with Crippen LogP contribution in [0.1, 0.15) is 27.8 Å². The summed E-state index contributed by atoms with van der Waals surface area (Å²) < 4.78 is 25.8. The normalized spacial score (nSPS) is 16.4. The van der Waals surface area contributed by atoms with Gasteiger partial charge in [0.25, 0.3) is 15.9 Å². The summed E-state index contributed by atoms with van der Waals surface area (Å²) in [5.41, 5.74) is 2.45. The predicted molar refractivity (Wildman–Crippen MR) is 105 cm³/mol. The third-order valence-electron chi connectivity index (χ3n) is 4.44. The van der Waals surface area contributed by atoms with Gasteiger partial charge in [0, 0.05) is 11.9 Å². The molecule has 0 bridgehead atoms. The summed E-state index contributed by atoms with van der Waals surface area (Å²) >= 11 is 0. The monoisotopic (exact) mass is 394 g/mol. The molecule has 1 amide bonds. The Kier molecular flexibility index (Phi) is 4.58. The minimum atomic E-state index is -3.97. The lowest BCUT2D eigenvalue weighted by Gasteiger charge is -2.36. The molecule has 1 aliphatic heterocycles. The largest absolute Gasteiger partial charge is 0.358 e. The highest BCUT2D eigenvalue weighted by Crippen LogP contribution is 2.31. The number of para-hydroxylation sites is 1. The highest BCUT2D eigenvalue weighted by molar-refractivity contribution is 7.89. The number of sulfonamides is 1. The molecule has 0 radical (unpaired) electrons. The van der Waals surface area contributed by atoms with E-state index in [2.05, 4.69) is 15.1 Å². The molecule has 1 aromatic heterocycles. The molecule has 8 heteroatoms. The summed E-state index contributed by atoms with van der Waals surface area (Å²) in [5, 5.41) is 4.26. The van der Waals surface area contributed by atoms with Crippen LogP contribution in [0.15, 0.2) is 77.8 Å². The first-order valence-corrected chi connectivity index (χ1v) is 10.1. The second kappa shape index (κ2) is 7.06. The van der Waals surface area contributed by atoms with Crippen molar-refractivity contribution in [3.05, 3.63) is 89.7 Å². The first-order valence-electron chi connectivity index (χ1n) is 8.65. The highest BCUT2D eigenvalue weighted by Gasteiger charge is 2.36. The molecule has 0 spiro atoms. The molecule has 142 valence electrons. The Hall–Kier alpha value is -3.23. The summed E-state index contributed by atoms with van der Waals surface area (Å²) in [6.45, 7) is 1.87. The minimum absolute atomic E-state index is 0.0736. The van der Waals surface area contributed by atoms with Crippen LogP contribution in [0.5, 0.6) is 0 Å². The number of hydrazine groups is 1. The zero-order valence-corrected chi connectivity index (χ0v) is 15.8. The summed E-state index contributed by atoms with van der Waals surface area (Å²) in [4.78, 5) is 19.9. The van der Waals surface area contributed by atoms with Crippen molar-refractivity contribution < 1.29 is 13.2 Å². The fourth-order valence-electron chi connectivity index (χ4n) is 2.99. The number of hydrogen-bond acceptors (Lipinski definition) is 5. The Morgan fingerprint density at radius 1 is 1.00 bits per heavy atom. The molecular formula is C20H18N4O3S. The van der Waals surface area contributed by atoms with Crippen LogP contribution in [-0.2, 0) is 10.0 Å². The number of anilines is 1. The Bertz CT molecular complexity index is 1120. The smallest absolute Gasteiger partial charge is 0.273 e. The molecule has 0 saturated carbocycles. The molecule has 3 aromatic rings. The van der Waals surface area contributed by atoms with Crippen LogP contribution in [0.4, 0.5) is 5.69 Å². The lowest BCUT2D eigenvalue weighted by atomic mass is 10.1. The van der Waals surface area contributed by atoms with Crippen LogP contribution >= 0.6 is 0 Å². The molecule has 0 fully saturated rings. The van der Waals surface area contributed by atoms with E-state index in [1.165, 1.54) is 12.1 Å². The van der Waals surface area contributed by atoms with Gasteiger partial charge in [0.05, 0.1) is 16.2 Å². The van der Waals surface area contributed by atoms with Gasteiger partial charge in [-0.05, 0) is 43.3 Å². The number of benzene rings is 2. The van der Waals surface area contributed by atoms with Crippen molar-refractivity contribution in [2.75, 3.05) is 5.32 Å².